The summed E-state index contributed by atoms with van der Waals surface area (Å²) in [7, 11) is 1.89. The van der Waals surface area contributed by atoms with E-state index in [1.807, 2.05) is 22.6 Å². The zero-order valence-electron chi connectivity index (χ0n) is 8.76. The summed E-state index contributed by atoms with van der Waals surface area (Å²) in [5.74, 6) is 0. The minimum absolute atomic E-state index is 0.238. The first-order chi connectivity index (χ1) is 7.66. The molecule has 3 heterocycles. The fourth-order valence-corrected chi connectivity index (χ4v) is 2.22. The number of halogens is 1. The fraction of sp³-hybridized carbons (Fsp3) is 0.400. The van der Waals surface area contributed by atoms with E-state index in [1.54, 1.807) is 6.20 Å². The van der Waals surface area contributed by atoms with E-state index in [-0.39, 0.29) is 5.28 Å². The molecule has 1 unspecified atom stereocenters. The molecule has 0 spiro atoms. The maximum absolute atomic E-state index is 10.0. The monoisotopic (exact) mass is 238 g/mol. The Morgan fingerprint density at radius 3 is 3.12 bits per heavy atom. The number of fused-ring (bicyclic) bond motifs is 3. The van der Waals surface area contributed by atoms with E-state index in [4.69, 9.17) is 11.6 Å². The van der Waals surface area contributed by atoms with E-state index >= 15 is 0 Å². The number of nitrogens with zero attached hydrogens (tertiary/aromatic N) is 4. The Labute approximate surface area is 97.3 Å². The molecule has 0 saturated heterocycles. The van der Waals surface area contributed by atoms with Crippen molar-refractivity contribution in [3.63, 3.8) is 0 Å². The maximum atomic E-state index is 10.0. The molecule has 1 aliphatic heterocycles. The third kappa shape index (κ3) is 1.32. The summed E-state index contributed by atoms with van der Waals surface area (Å²) < 4.78 is 1.99. The van der Waals surface area contributed by atoms with E-state index < -0.39 is 6.23 Å². The van der Waals surface area contributed by atoms with Gasteiger partial charge in [-0.3, -0.25) is 4.90 Å². The van der Waals surface area contributed by atoms with Crippen LogP contribution in [0.15, 0.2) is 12.3 Å². The summed E-state index contributed by atoms with van der Waals surface area (Å²) in [4.78, 5) is 10.0. The number of likely N-dealkylation sites (N-methyl/N-ethyl adjacent to an activating group) is 1. The minimum Gasteiger partial charge on any atom is -0.373 e. The molecule has 1 aliphatic rings. The zero-order chi connectivity index (χ0) is 11.3. The third-order valence-electron chi connectivity index (χ3n) is 3.00. The molecule has 3 rings (SSSR count). The number of aliphatic hydroxyl groups is 1. The normalized spacial score (nSPS) is 21.3. The standard InChI is InChI=1S/C10H11ClN4O/c1-14-2-3-15-7(9(14)16)4-6-5-12-10(11)13-8(6)15/h4-5,9,16H,2-3H2,1H3. The summed E-state index contributed by atoms with van der Waals surface area (Å²) in [6, 6.07) is 1.91. The van der Waals surface area contributed by atoms with Crippen LogP contribution in [0.4, 0.5) is 0 Å². The van der Waals surface area contributed by atoms with Crippen molar-refractivity contribution in [2.45, 2.75) is 12.8 Å². The van der Waals surface area contributed by atoms with Crippen LogP contribution in [0.3, 0.4) is 0 Å². The number of hydrogen-bond acceptors (Lipinski definition) is 4. The van der Waals surface area contributed by atoms with Crippen molar-refractivity contribution in [2.75, 3.05) is 13.6 Å². The highest BCUT2D eigenvalue weighted by atomic mass is 35.5. The second-order valence-corrected chi connectivity index (χ2v) is 4.33. The van der Waals surface area contributed by atoms with Crippen LogP contribution in [0.25, 0.3) is 11.0 Å². The largest absolute Gasteiger partial charge is 0.373 e. The summed E-state index contributed by atoms with van der Waals surface area (Å²) >= 11 is 5.77. The molecular weight excluding hydrogens is 228 g/mol. The van der Waals surface area contributed by atoms with Crippen LogP contribution in [0, 0.1) is 0 Å². The SMILES string of the molecule is CN1CCn2c(cc3cnc(Cl)nc32)C1O. The van der Waals surface area contributed by atoms with Gasteiger partial charge < -0.3 is 9.67 Å². The number of rotatable bonds is 0. The smallest absolute Gasteiger partial charge is 0.224 e. The van der Waals surface area contributed by atoms with Gasteiger partial charge in [0.15, 0.2) is 0 Å². The Hall–Kier alpha value is -1.17. The third-order valence-corrected chi connectivity index (χ3v) is 3.18. The molecule has 2 aromatic rings. The topological polar surface area (TPSA) is 54.2 Å². The van der Waals surface area contributed by atoms with Gasteiger partial charge in [0.25, 0.3) is 0 Å². The summed E-state index contributed by atoms with van der Waals surface area (Å²) in [5.41, 5.74) is 1.64. The predicted octanol–water partition coefficient (Wildman–Crippen LogP) is 1.02. The van der Waals surface area contributed by atoms with Gasteiger partial charge in [-0.25, -0.2) is 4.98 Å². The zero-order valence-corrected chi connectivity index (χ0v) is 9.52. The van der Waals surface area contributed by atoms with Gasteiger partial charge in [-0.15, -0.1) is 0 Å². The summed E-state index contributed by atoms with van der Waals surface area (Å²) in [5, 5.41) is 11.2. The Morgan fingerprint density at radius 1 is 1.50 bits per heavy atom. The van der Waals surface area contributed by atoms with Crippen LogP contribution >= 0.6 is 11.6 Å². The van der Waals surface area contributed by atoms with Crippen LogP contribution in [-0.4, -0.2) is 38.1 Å². The lowest BCUT2D eigenvalue weighted by molar-refractivity contribution is -0.00182. The molecule has 1 N–H and O–H groups in total. The molecule has 5 nitrogen and oxygen atoms in total. The molecule has 2 aromatic heterocycles. The molecule has 0 fully saturated rings. The molecular formula is C10H11ClN4O. The lowest BCUT2D eigenvalue weighted by Gasteiger charge is -2.30. The Balaban J connectivity index is 2.26. The van der Waals surface area contributed by atoms with Crippen LogP contribution < -0.4 is 0 Å². The van der Waals surface area contributed by atoms with Gasteiger partial charge in [0, 0.05) is 24.7 Å². The van der Waals surface area contributed by atoms with Crippen LogP contribution in [0.2, 0.25) is 5.28 Å². The van der Waals surface area contributed by atoms with Gasteiger partial charge >= 0.3 is 0 Å². The number of aromatic nitrogens is 3. The minimum atomic E-state index is -0.582. The molecule has 84 valence electrons. The van der Waals surface area contributed by atoms with Crippen molar-refractivity contribution in [3.05, 3.63) is 23.2 Å². The van der Waals surface area contributed by atoms with Crippen molar-refractivity contribution in [3.8, 4) is 0 Å². The van der Waals surface area contributed by atoms with Gasteiger partial charge in [0.1, 0.15) is 11.9 Å². The number of aliphatic hydroxyl groups excluding tert-OH is 1. The predicted molar refractivity (Wildman–Crippen MR) is 60.1 cm³/mol. The molecule has 0 radical (unpaired) electrons. The first-order valence-electron chi connectivity index (χ1n) is 5.07. The first-order valence-corrected chi connectivity index (χ1v) is 5.44. The highest BCUT2D eigenvalue weighted by Gasteiger charge is 2.25. The van der Waals surface area contributed by atoms with Crippen LogP contribution in [-0.2, 0) is 6.54 Å². The van der Waals surface area contributed by atoms with Gasteiger partial charge in [0.05, 0.1) is 5.69 Å². The molecule has 16 heavy (non-hydrogen) atoms. The van der Waals surface area contributed by atoms with Gasteiger partial charge in [0.2, 0.25) is 5.28 Å². The summed E-state index contributed by atoms with van der Waals surface area (Å²) in [6.07, 6.45) is 1.10. The van der Waals surface area contributed by atoms with Gasteiger partial charge in [-0.05, 0) is 24.7 Å². The lowest BCUT2D eigenvalue weighted by atomic mass is 10.3. The van der Waals surface area contributed by atoms with Crippen molar-refractivity contribution in [1.82, 2.24) is 19.4 Å². The van der Waals surface area contributed by atoms with Crippen LogP contribution in [0.1, 0.15) is 11.9 Å². The Bertz CT molecular complexity index is 553. The van der Waals surface area contributed by atoms with Crippen molar-refractivity contribution in [1.29, 1.82) is 0 Å². The molecule has 6 heteroatoms. The number of hydrogen-bond donors (Lipinski definition) is 1. The Kier molecular flexibility index (Phi) is 2.14. The second-order valence-electron chi connectivity index (χ2n) is 3.99. The first kappa shape index (κ1) is 10.0. The molecule has 0 saturated carbocycles. The van der Waals surface area contributed by atoms with E-state index in [9.17, 15) is 5.11 Å². The Morgan fingerprint density at radius 2 is 2.31 bits per heavy atom. The fourth-order valence-electron chi connectivity index (χ4n) is 2.09. The highest BCUT2D eigenvalue weighted by Crippen LogP contribution is 2.28. The van der Waals surface area contributed by atoms with Crippen molar-refractivity contribution >= 4 is 22.6 Å². The van der Waals surface area contributed by atoms with E-state index in [2.05, 4.69) is 9.97 Å². The highest BCUT2D eigenvalue weighted by molar-refractivity contribution is 6.28. The lowest BCUT2D eigenvalue weighted by Crippen LogP contribution is -2.34. The maximum Gasteiger partial charge on any atom is 0.224 e. The van der Waals surface area contributed by atoms with Crippen molar-refractivity contribution in [2.24, 2.45) is 0 Å². The van der Waals surface area contributed by atoms with E-state index in [1.165, 1.54) is 0 Å². The molecule has 0 aliphatic carbocycles. The second kappa shape index (κ2) is 3.41. The molecule has 0 bridgehead atoms. The molecule has 0 amide bonds. The quantitative estimate of drug-likeness (QED) is 0.697. The van der Waals surface area contributed by atoms with E-state index in [0.717, 1.165) is 29.8 Å². The van der Waals surface area contributed by atoms with E-state index in [0.29, 0.717) is 0 Å². The summed E-state index contributed by atoms with van der Waals surface area (Å²) in [6.45, 7) is 1.60. The average molecular weight is 239 g/mol. The molecule has 1 atom stereocenters. The van der Waals surface area contributed by atoms with Gasteiger partial charge in [-0.1, -0.05) is 0 Å². The van der Waals surface area contributed by atoms with Gasteiger partial charge in [-0.2, -0.15) is 4.98 Å². The van der Waals surface area contributed by atoms with Crippen molar-refractivity contribution < 1.29 is 5.11 Å². The molecule has 0 aromatic carbocycles. The van der Waals surface area contributed by atoms with Crippen LogP contribution in [0.5, 0.6) is 0 Å². The average Bonchev–Trinajstić information content (AvgIpc) is 2.62.